The minimum atomic E-state index is 0.360. The van der Waals surface area contributed by atoms with Crippen molar-refractivity contribution in [2.75, 3.05) is 0 Å². The van der Waals surface area contributed by atoms with Crippen LogP contribution in [0, 0.1) is 17.3 Å². The summed E-state index contributed by atoms with van der Waals surface area (Å²) in [6.07, 6.45) is 12.7. The molecule has 0 bridgehead atoms. The quantitative estimate of drug-likeness (QED) is 0.491. The fourth-order valence-electron chi connectivity index (χ4n) is 2.16. The zero-order valence-electron chi connectivity index (χ0n) is 8.75. The predicted molar refractivity (Wildman–Crippen MR) is 57.4 cm³/mol. The van der Waals surface area contributed by atoms with Gasteiger partial charge in [-0.3, -0.25) is 0 Å². The lowest BCUT2D eigenvalue weighted by molar-refractivity contribution is 0.472. The van der Waals surface area contributed by atoms with Gasteiger partial charge in [-0.2, -0.15) is 0 Å². The molecule has 0 spiro atoms. The largest absolute Gasteiger partial charge is 0.0802 e. The molecule has 0 nitrogen and oxygen atoms in total. The maximum absolute atomic E-state index is 2.46. The summed E-state index contributed by atoms with van der Waals surface area (Å²) in [5, 5.41) is 0. The Morgan fingerprint density at radius 2 is 1.85 bits per heavy atom. The number of hydrogen-bond donors (Lipinski definition) is 0. The zero-order valence-corrected chi connectivity index (χ0v) is 8.75. The molecule has 2 aliphatic carbocycles. The fraction of sp³-hybridized carbons (Fsp3) is 0.538. The molecular weight excluding hydrogens is 156 g/mol. The number of fused-ring (bicyclic) bond motifs is 1. The standard InChI is InChI=1S/C13H18/c1-13(2,3)12-8-10-6-4-5-7-11(10)9-12/h4-8,10-11H,9H2,1-3H3. The molecule has 0 aromatic heterocycles. The van der Waals surface area contributed by atoms with E-state index in [1.807, 2.05) is 0 Å². The summed E-state index contributed by atoms with van der Waals surface area (Å²) in [7, 11) is 0. The van der Waals surface area contributed by atoms with Crippen LogP contribution in [0.15, 0.2) is 36.0 Å². The summed E-state index contributed by atoms with van der Waals surface area (Å²) in [4.78, 5) is 0. The number of rotatable bonds is 0. The van der Waals surface area contributed by atoms with Crippen molar-refractivity contribution in [3.05, 3.63) is 36.0 Å². The van der Waals surface area contributed by atoms with Gasteiger partial charge in [-0.1, -0.05) is 56.7 Å². The highest BCUT2D eigenvalue weighted by atomic mass is 14.3. The van der Waals surface area contributed by atoms with Gasteiger partial charge in [0, 0.05) is 5.92 Å². The van der Waals surface area contributed by atoms with Crippen LogP contribution >= 0.6 is 0 Å². The molecule has 70 valence electrons. The molecule has 0 fully saturated rings. The van der Waals surface area contributed by atoms with Gasteiger partial charge in [0.15, 0.2) is 0 Å². The van der Waals surface area contributed by atoms with E-state index in [0.717, 1.165) is 5.92 Å². The maximum Gasteiger partial charge on any atom is 0.00186 e. The van der Waals surface area contributed by atoms with E-state index in [1.54, 1.807) is 5.57 Å². The molecule has 0 aromatic rings. The van der Waals surface area contributed by atoms with Gasteiger partial charge in [-0.15, -0.1) is 0 Å². The Morgan fingerprint density at radius 3 is 2.46 bits per heavy atom. The van der Waals surface area contributed by atoms with E-state index in [-0.39, 0.29) is 0 Å². The summed E-state index contributed by atoms with van der Waals surface area (Å²) < 4.78 is 0. The molecular formula is C13H18. The Kier molecular flexibility index (Phi) is 1.94. The molecule has 0 radical (unpaired) electrons. The highest BCUT2D eigenvalue weighted by Gasteiger charge is 2.30. The van der Waals surface area contributed by atoms with Crippen LogP contribution in [0.3, 0.4) is 0 Å². The topological polar surface area (TPSA) is 0 Å². The van der Waals surface area contributed by atoms with E-state index in [9.17, 15) is 0 Å². The Balaban J connectivity index is 2.20. The lowest BCUT2D eigenvalue weighted by atomic mass is 9.84. The molecule has 13 heavy (non-hydrogen) atoms. The monoisotopic (exact) mass is 174 g/mol. The second-order valence-electron chi connectivity index (χ2n) is 5.16. The van der Waals surface area contributed by atoms with Crippen molar-refractivity contribution < 1.29 is 0 Å². The maximum atomic E-state index is 2.46. The first-order valence-corrected chi connectivity index (χ1v) is 5.13. The van der Waals surface area contributed by atoms with E-state index in [1.165, 1.54) is 6.42 Å². The first-order valence-electron chi connectivity index (χ1n) is 5.13. The van der Waals surface area contributed by atoms with E-state index in [2.05, 4.69) is 51.2 Å². The van der Waals surface area contributed by atoms with Gasteiger partial charge < -0.3 is 0 Å². The summed E-state index contributed by atoms with van der Waals surface area (Å²) in [6, 6.07) is 0. The van der Waals surface area contributed by atoms with Crippen LogP contribution in [0.25, 0.3) is 0 Å². The second-order valence-corrected chi connectivity index (χ2v) is 5.16. The Morgan fingerprint density at radius 1 is 1.15 bits per heavy atom. The van der Waals surface area contributed by atoms with Crippen molar-refractivity contribution in [2.45, 2.75) is 27.2 Å². The molecule has 0 aromatic carbocycles. The third-order valence-corrected chi connectivity index (χ3v) is 3.11. The SMILES string of the molecule is CC(C)(C)C1=CC2C=CC=CC2C1. The van der Waals surface area contributed by atoms with Gasteiger partial charge in [0.2, 0.25) is 0 Å². The minimum absolute atomic E-state index is 0.360. The van der Waals surface area contributed by atoms with Gasteiger partial charge in [-0.05, 0) is 17.8 Å². The Bertz CT molecular complexity index is 284. The van der Waals surface area contributed by atoms with Crippen molar-refractivity contribution in [1.82, 2.24) is 0 Å². The zero-order chi connectivity index (χ0) is 9.47. The third kappa shape index (κ3) is 1.63. The van der Waals surface area contributed by atoms with E-state index >= 15 is 0 Å². The highest BCUT2D eigenvalue weighted by molar-refractivity contribution is 5.30. The summed E-state index contributed by atoms with van der Waals surface area (Å²) in [5.41, 5.74) is 1.98. The van der Waals surface area contributed by atoms with Crippen LogP contribution in [0.1, 0.15) is 27.2 Å². The summed E-state index contributed by atoms with van der Waals surface area (Å²) in [5.74, 6) is 1.43. The molecule has 0 saturated carbocycles. The molecule has 2 atom stereocenters. The average molecular weight is 174 g/mol. The normalized spacial score (nSPS) is 31.8. The highest BCUT2D eigenvalue weighted by Crippen LogP contribution is 2.42. The van der Waals surface area contributed by atoms with Crippen LogP contribution in [0.4, 0.5) is 0 Å². The molecule has 0 N–H and O–H groups in total. The number of allylic oxidation sites excluding steroid dienone is 6. The van der Waals surface area contributed by atoms with Gasteiger partial charge >= 0.3 is 0 Å². The van der Waals surface area contributed by atoms with Crippen molar-refractivity contribution in [3.63, 3.8) is 0 Å². The molecule has 2 unspecified atom stereocenters. The first-order chi connectivity index (χ1) is 6.07. The molecule has 0 saturated heterocycles. The van der Waals surface area contributed by atoms with Crippen LogP contribution < -0.4 is 0 Å². The first kappa shape index (κ1) is 8.80. The van der Waals surface area contributed by atoms with Gasteiger partial charge in [0.05, 0.1) is 0 Å². The minimum Gasteiger partial charge on any atom is -0.0802 e. The van der Waals surface area contributed by atoms with Crippen LogP contribution in [-0.4, -0.2) is 0 Å². The van der Waals surface area contributed by atoms with Crippen LogP contribution in [0.5, 0.6) is 0 Å². The molecule has 2 aliphatic rings. The van der Waals surface area contributed by atoms with Crippen molar-refractivity contribution >= 4 is 0 Å². The van der Waals surface area contributed by atoms with Crippen molar-refractivity contribution in [3.8, 4) is 0 Å². The molecule has 0 aliphatic heterocycles. The Labute approximate surface area is 81.0 Å². The third-order valence-electron chi connectivity index (χ3n) is 3.11. The predicted octanol–water partition coefficient (Wildman–Crippen LogP) is 3.72. The molecule has 0 heterocycles. The second kappa shape index (κ2) is 2.87. The van der Waals surface area contributed by atoms with Crippen LogP contribution in [-0.2, 0) is 0 Å². The number of hydrogen-bond acceptors (Lipinski definition) is 0. The average Bonchev–Trinajstić information content (AvgIpc) is 2.45. The van der Waals surface area contributed by atoms with E-state index < -0.39 is 0 Å². The van der Waals surface area contributed by atoms with Gasteiger partial charge in [0.25, 0.3) is 0 Å². The lowest BCUT2D eigenvalue weighted by Crippen LogP contribution is -2.09. The smallest absolute Gasteiger partial charge is 0.00186 e. The van der Waals surface area contributed by atoms with E-state index in [4.69, 9.17) is 0 Å². The lowest BCUT2D eigenvalue weighted by Gasteiger charge is -2.21. The fourth-order valence-corrected chi connectivity index (χ4v) is 2.16. The van der Waals surface area contributed by atoms with Gasteiger partial charge in [0.1, 0.15) is 0 Å². The summed E-state index contributed by atoms with van der Waals surface area (Å²) in [6.45, 7) is 6.93. The Hall–Kier alpha value is -0.780. The van der Waals surface area contributed by atoms with Crippen molar-refractivity contribution in [2.24, 2.45) is 17.3 Å². The molecule has 2 rings (SSSR count). The molecule has 0 heteroatoms. The molecule has 0 amide bonds. The van der Waals surface area contributed by atoms with Crippen molar-refractivity contribution in [1.29, 1.82) is 0 Å². The van der Waals surface area contributed by atoms with Crippen LogP contribution in [0.2, 0.25) is 0 Å². The van der Waals surface area contributed by atoms with E-state index in [0.29, 0.717) is 11.3 Å². The summed E-state index contributed by atoms with van der Waals surface area (Å²) >= 11 is 0. The van der Waals surface area contributed by atoms with Gasteiger partial charge in [-0.25, -0.2) is 0 Å².